The molecule has 2 aromatic rings. The highest BCUT2D eigenvalue weighted by Crippen LogP contribution is 2.26. The van der Waals surface area contributed by atoms with E-state index in [1.165, 1.54) is 36.0 Å². The standard InChI is InChI=1S/C16H15F3IN3O4/c1-22-5-4-10(14(22)21-12-3-2-9(20)8-11(12)17)15(25)23(27-7-6-24)16(26)13(18)19/h2-5,8,13,21,24H,6-7H2,1H3. The van der Waals surface area contributed by atoms with Gasteiger partial charge in [-0.2, -0.15) is 8.78 Å². The number of hydrogen-bond acceptors (Lipinski definition) is 5. The lowest BCUT2D eigenvalue weighted by atomic mass is 10.2. The van der Waals surface area contributed by atoms with Crippen LogP contribution in [0.4, 0.5) is 24.7 Å². The minimum absolute atomic E-state index is 0.0503. The van der Waals surface area contributed by atoms with Crippen molar-refractivity contribution in [3.05, 3.63) is 45.4 Å². The smallest absolute Gasteiger partial charge is 0.320 e. The van der Waals surface area contributed by atoms with E-state index in [0.29, 0.717) is 3.57 Å². The van der Waals surface area contributed by atoms with Crippen LogP contribution >= 0.6 is 22.6 Å². The van der Waals surface area contributed by atoms with Crippen LogP contribution in [0.3, 0.4) is 0 Å². The summed E-state index contributed by atoms with van der Waals surface area (Å²) in [5.41, 5.74) is -0.142. The summed E-state index contributed by atoms with van der Waals surface area (Å²) in [6.07, 6.45) is -2.06. The number of aliphatic hydroxyl groups excluding tert-OH is 1. The maximum absolute atomic E-state index is 14.1. The number of imide groups is 1. The van der Waals surface area contributed by atoms with Gasteiger partial charge in [-0.3, -0.25) is 14.4 Å². The van der Waals surface area contributed by atoms with Crippen molar-refractivity contribution in [1.29, 1.82) is 0 Å². The number of aromatic nitrogens is 1. The van der Waals surface area contributed by atoms with Crippen molar-refractivity contribution in [2.24, 2.45) is 7.05 Å². The Balaban J connectivity index is 2.37. The van der Waals surface area contributed by atoms with Gasteiger partial charge >= 0.3 is 12.3 Å². The average Bonchev–Trinajstić information content (AvgIpc) is 2.97. The normalized spacial score (nSPS) is 10.9. The fourth-order valence-corrected chi connectivity index (χ4v) is 2.58. The Morgan fingerprint density at radius 3 is 2.67 bits per heavy atom. The first-order valence-corrected chi connectivity index (χ1v) is 8.61. The van der Waals surface area contributed by atoms with Gasteiger partial charge in [0.25, 0.3) is 5.91 Å². The lowest BCUT2D eigenvalue weighted by Gasteiger charge is -2.20. The molecule has 2 amide bonds. The van der Waals surface area contributed by atoms with E-state index in [1.807, 2.05) is 22.6 Å². The predicted octanol–water partition coefficient (Wildman–Crippen LogP) is 2.67. The van der Waals surface area contributed by atoms with Crippen LogP contribution < -0.4 is 5.32 Å². The van der Waals surface area contributed by atoms with Crippen molar-refractivity contribution in [3.63, 3.8) is 0 Å². The second kappa shape index (κ2) is 9.19. The zero-order valence-electron chi connectivity index (χ0n) is 14.0. The van der Waals surface area contributed by atoms with Gasteiger partial charge in [0, 0.05) is 16.8 Å². The number of anilines is 2. The van der Waals surface area contributed by atoms with Crippen LogP contribution in [-0.2, 0) is 16.7 Å². The van der Waals surface area contributed by atoms with E-state index >= 15 is 0 Å². The third kappa shape index (κ3) is 4.99. The highest BCUT2D eigenvalue weighted by molar-refractivity contribution is 14.1. The lowest BCUT2D eigenvalue weighted by molar-refractivity contribution is -0.183. The van der Waals surface area contributed by atoms with E-state index in [2.05, 4.69) is 10.2 Å². The molecule has 0 aliphatic carbocycles. The maximum Gasteiger partial charge on any atom is 0.320 e. The summed E-state index contributed by atoms with van der Waals surface area (Å²) in [5, 5.41) is 11.4. The number of amides is 2. The summed E-state index contributed by atoms with van der Waals surface area (Å²) in [6.45, 7) is -1.13. The van der Waals surface area contributed by atoms with Crippen molar-refractivity contribution in [2.75, 3.05) is 18.5 Å². The third-order valence-electron chi connectivity index (χ3n) is 3.37. The minimum Gasteiger partial charge on any atom is -0.394 e. The van der Waals surface area contributed by atoms with Crippen LogP contribution in [0.5, 0.6) is 0 Å². The zero-order chi connectivity index (χ0) is 20.1. The molecule has 27 heavy (non-hydrogen) atoms. The number of aliphatic hydroxyl groups is 1. The molecule has 0 spiro atoms. The Morgan fingerprint density at radius 1 is 1.37 bits per heavy atom. The van der Waals surface area contributed by atoms with E-state index in [4.69, 9.17) is 5.11 Å². The molecule has 1 heterocycles. The zero-order valence-corrected chi connectivity index (χ0v) is 16.1. The first-order chi connectivity index (χ1) is 12.8. The fraction of sp³-hybridized carbons (Fsp3) is 0.250. The Hall–Kier alpha value is -2.12. The number of carbonyl (C=O) groups is 2. The molecule has 2 rings (SSSR count). The van der Waals surface area contributed by atoms with Crippen molar-refractivity contribution >= 4 is 45.9 Å². The molecule has 0 saturated heterocycles. The van der Waals surface area contributed by atoms with E-state index in [0.717, 1.165) is 0 Å². The Kier molecular flexibility index (Phi) is 7.21. The van der Waals surface area contributed by atoms with Crippen LogP contribution in [0.25, 0.3) is 0 Å². The van der Waals surface area contributed by atoms with Crippen LogP contribution in [0.2, 0.25) is 0 Å². The van der Waals surface area contributed by atoms with Gasteiger partial charge in [0.15, 0.2) is 0 Å². The number of nitrogens with one attached hydrogen (secondary N) is 1. The van der Waals surface area contributed by atoms with Gasteiger partial charge in [-0.25, -0.2) is 4.39 Å². The predicted molar refractivity (Wildman–Crippen MR) is 98.0 cm³/mol. The van der Waals surface area contributed by atoms with Crippen molar-refractivity contribution in [2.45, 2.75) is 6.43 Å². The van der Waals surface area contributed by atoms with Gasteiger partial charge in [-0.05, 0) is 46.9 Å². The number of hydrogen-bond donors (Lipinski definition) is 2. The van der Waals surface area contributed by atoms with E-state index in [9.17, 15) is 22.8 Å². The van der Waals surface area contributed by atoms with Gasteiger partial charge in [-0.15, -0.1) is 5.06 Å². The molecule has 0 aliphatic rings. The van der Waals surface area contributed by atoms with Crippen LogP contribution in [0, 0.1) is 9.39 Å². The molecule has 0 saturated carbocycles. The lowest BCUT2D eigenvalue weighted by Crippen LogP contribution is -2.41. The monoisotopic (exact) mass is 497 g/mol. The fourth-order valence-electron chi connectivity index (χ4n) is 2.13. The van der Waals surface area contributed by atoms with Gasteiger partial charge in [-0.1, -0.05) is 0 Å². The van der Waals surface area contributed by atoms with Crippen molar-refractivity contribution < 1.29 is 32.7 Å². The second-order valence-electron chi connectivity index (χ2n) is 5.23. The van der Waals surface area contributed by atoms with E-state index < -0.39 is 37.3 Å². The molecule has 7 nitrogen and oxygen atoms in total. The van der Waals surface area contributed by atoms with E-state index in [1.54, 1.807) is 6.07 Å². The second-order valence-corrected chi connectivity index (χ2v) is 6.48. The first kappa shape index (κ1) is 21.2. The summed E-state index contributed by atoms with van der Waals surface area (Å²) in [4.78, 5) is 28.8. The summed E-state index contributed by atoms with van der Waals surface area (Å²) in [5.74, 6) is -3.57. The van der Waals surface area contributed by atoms with Gasteiger partial charge < -0.3 is 15.0 Å². The Bertz CT molecular complexity index is 844. The molecular formula is C16H15F3IN3O4. The quantitative estimate of drug-likeness (QED) is 0.454. The minimum atomic E-state index is -3.48. The summed E-state index contributed by atoms with van der Waals surface area (Å²) < 4.78 is 41.7. The number of halogens is 4. The number of carbonyl (C=O) groups excluding carboxylic acids is 2. The summed E-state index contributed by atoms with van der Waals surface area (Å²) in [6, 6.07) is 5.61. The number of hydroxylamine groups is 2. The summed E-state index contributed by atoms with van der Waals surface area (Å²) in [7, 11) is 1.54. The van der Waals surface area contributed by atoms with Gasteiger partial charge in [0.05, 0.1) is 24.5 Å². The maximum atomic E-state index is 14.1. The number of aryl methyl sites for hydroxylation is 1. The molecule has 0 bridgehead atoms. The third-order valence-corrected chi connectivity index (χ3v) is 4.04. The molecule has 146 valence electrons. The topological polar surface area (TPSA) is 83.8 Å². The molecule has 0 atom stereocenters. The van der Waals surface area contributed by atoms with Crippen molar-refractivity contribution in [3.8, 4) is 0 Å². The molecule has 0 radical (unpaired) electrons. The largest absolute Gasteiger partial charge is 0.394 e. The van der Waals surface area contributed by atoms with E-state index in [-0.39, 0.29) is 22.1 Å². The molecule has 1 aromatic heterocycles. The summed E-state index contributed by atoms with van der Waals surface area (Å²) >= 11 is 1.93. The van der Waals surface area contributed by atoms with Gasteiger partial charge in [0.1, 0.15) is 11.6 Å². The molecule has 2 N–H and O–H groups in total. The Labute approximate surface area is 165 Å². The molecule has 1 aromatic carbocycles. The SMILES string of the molecule is Cn1ccc(C(=O)N(OCCO)C(=O)C(F)F)c1Nc1ccc(I)cc1F. The first-order valence-electron chi connectivity index (χ1n) is 7.54. The molecular weight excluding hydrogens is 482 g/mol. The number of alkyl halides is 2. The van der Waals surface area contributed by atoms with Crippen LogP contribution in [-0.4, -0.2) is 46.2 Å². The van der Waals surface area contributed by atoms with Crippen molar-refractivity contribution in [1.82, 2.24) is 9.63 Å². The highest BCUT2D eigenvalue weighted by Gasteiger charge is 2.33. The number of rotatable bonds is 7. The molecule has 0 unspecified atom stereocenters. The number of benzene rings is 1. The molecule has 11 heteroatoms. The van der Waals surface area contributed by atoms with Crippen LogP contribution in [0.1, 0.15) is 10.4 Å². The highest BCUT2D eigenvalue weighted by atomic mass is 127. The average molecular weight is 497 g/mol. The number of nitrogens with zero attached hydrogens (tertiary/aromatic N) is 2. The van der Waals surface area contributed by atoms with Crippen LogP contribution in [0.15, 0.2) is 30.5 Å². The Morgan fingerprint density at radius 2 is 2.07 bits per heavy atom. The molecule has 0 fully saturated rings. The molecule has 0 aliphatic heterocycles. The van der Waals surface area contributed by atoms with Gasteiger partial charge in [0.2, 0.25) is 0 Å².